The van der Waals surface area contributed by atoms with Crippen molar-refractivity contribution in [3.8, 4) is 0 Å². The first-order valence-electron chi connectivity index (χ1n) is 5.27. The minimum absolute atomic E-state index is 0.197. The molecule has 0 aliphatic rings. The van der Waals surface area contributed by atoms with E-state index in [0.29, 0.717) is 11.3 Å². The van der Waals surface area contributed by atoms with Gasteiger partial charge in [0.05, 0.1) is 11.7 Å². The number of benzene rings is 1. The van der Waals surface area contributed by atoms with Crippen LogP contribution in [0.2, 0.25) is 10.3 Å². The molecule has 1 atom stereocenters. The van der Waals surface area contributed by atoms with Crippen LogP contribution in [0.4, 0.5) is 10.1 Å². The number of hydrogen-bond acceptors (Lipinski definition) is 3. The molecule has 0 bridgehead atoms. The highest BCUT2D eigenvalue weighted by molar-refractivity contribution is 6.33. The monoisotopic (exact) mass is 285 g/mol. The summed E-state index contributed by atoms with van der Waals surface area (Å²) in [6, 6.07) is 7.82. The molecule has 0 saturated carbocycles. The zero-order valence-electron chi connectivity index (χ0n) is 9.49. The molecule has 0 fully saturated rings. The van der Waals surface area contributed by atoms with Crippen LogP contribution in [0.15, 0.2) is 30.3 Å². The molecule has 1 aromatic heterocycles. The van der Waals surface area contributed by atoms with Crippen LogP contribution < -0.4 is 5.32 Å². The van der Waals surface area contributed by atoms with Crippen molar-refractivity contribution in [2.45, 2.75) is 13.0 Å². The lowest BCUT2D eigenvalue weighted by molar-refractivity contribution is 0.600. The molecule has 0 amide bonds. The van der Waals surface area contributed by atoms with Gasteiger partial charge in [-0.15, -0.1) is 10.2 Å². The summed E-state index contributed by atoms with van der Waals surface area (Å²) in [4.78, 5) is 0. The molecule has 1 N–H and O–H groups in total. The smallest absolute Gasteiger partial charge is 0.174 e. The van der Waals surface area contributed by atoms with Gasteiger partial charge in [-0.1, -0.05) is 41.4 Å². The van der Waals surface area contributed by atoms with Crippen molar-refractivity contribution in [1.82, 2.24) is 10.2 Å². The SMILES string of the molecule is CC(Nc1cc(Cl)nnc1Cl)c1ccccc1F. The van der Waals surface area contributed by atoms with Crippen LogP contribution in [0.25, 0.3) is 0 Å². The highest BCUT2D eigenvalue weighted by Gasteiger charge is 2.12. The standard InChI is InChI=1S/C12H10Cl2FN3/c1-7(8-4-2-3-5-9(8)15)16-10-6-11(13)17-18-12(10)14/h2-7H,1H3,(H,16,17). The van der Waals surface area contributed by atoms with Crippen molar-refractivity contribution in [3.63, 3.8) is 0 Å². The van der Waals surface area contributed by atoms with E-state index in [1.165, 1.54) is 6.07 Å². The first-order chi connectivity index (χ1) is 8.58. The van der Waals surface area contributed by atoms with Gasteiger partial charge in [0.25, 0.3) is 0 Å². The van der Waals surface area contributed by atoms with Gasteiger partial charge in [-0.3, -0.25) is 0 Å². The van der Waals surface area contributed by atoms with Crippen molar-refractivity contribution in [3.05, 3.63) is 52.0 Å². The lowest BCUT2D eigenvalue weighted by Gasteiger charge is -2.16. The summed E-state index contributed by atoms with van der Waals surface area (Å²) in [5.41, 5.74) is 1.06. The van der Waals surface area contributed by atoms with E-state index in [0.717, 1.165) is 0 Å². The Bertz CT molecular complexity index is 563. The molecule has 1 heterocycles. The third-order valence-corrected chi connectivity index (χ3v) is 2.93. The minimum Gasteiger partial charge on any atom is -0.376 e. The maximum atomic E-state index is 13.6. The van der Waals surface area contributed by atoms with Crippen LogP contribution >= 0.6 is 23.2 Å². The summed E-state index contributed by atoms with van der Waals surface area (Å²) in [6.45, 7) is 1.82. The molecule has 1 aromatic carbocycles. The van der Waals surface area contributed by atoms with Gasteiger partial charge < -0.3 is 5.32 Å². The largest absolute Gasteiger partial charge is 0.376 e. The van der Waals surface area contributed by atoms with E-state index in [1.54, 1.807) is 24.3 Å². The highest BCUT2D eigenvalue weighted by Crippen LogP contribution is 2.26. The van der Waals surface area contributed by atoms with Gasteiger partial charge in [0.2, 0.25) is 0 Å². The molecule has 2 rings (SSSR count). The van der Waals surface area contributed by atoms with Gasteiger partial charge >= 0.3 is 0 Å². The molecular formula is C12H10Cl2FN3. The molecule has 18 heavy (non-hydrogen) atoms. The molecule has 0 radical (unpaired) electrons. The Balaban J connectivity index is 2.24. The number of nitrogens with zero attached hydrogens (tertiary/aromatic N) is 2. The van der Waals surface area contributed by atoms with E-state index in [4.69, 9.17) is 23.2 Å². The molecule has 6 heteroatoms. The first kappa shape index (κ1) is 13.1. The molecule has 94 valence electrons. The zero-order valence-corrected chi connectivity index (χ0v) is 11.0. The van der Waals surface area contributed by atoms with E-state index in [-0.39, 0.29) is 22.2 Å². The predicted octanol–water partition coefficient (Wildman–Crippen LogP) is 4.10. The maximum absolute atomic E-state index is 13.6. The van der Waals surface area contributed by atoms with Crippen molar-refractivity contribution >= 4 is 28.9 Å². The third-order valence-electron chi connectivity index (χ3n) is 2.46. The van der Waals surface area contributed by atoms with Crippen LogP contribution in [0.3, 0.4) is 0 Å². The predicted molar refractivity (Wildman–Crippen MR) is 70.5 cm³/mol. The summed E-state index contributed by atoms with van der Waals surface area (Å²) < 4.78 is 13.6. The minimum atomic E-state index is -0.276. The summed E-state index contributed by atoms with van der Waals surface area (Å²) in [7, 11) is 0. The second-order valence-electron chi connectivity index (χ2n) is 3.76. The zero-order chi connectivity index (χ0) is 13.1. The van der Waals surface area contributed by atoms with Crippen molar-refractivity contribution in [2.75, 3.05) is 5.32 Å². The van der Waals surface area contributed by atoms with Crippen LogP contribution in [0.1, 0.15) is 18.5 Å². The molecular weight excluding hydrogens is 276 g/mol. The fraction of sp³-hybridized carbons (Fsp3) is 0.167. The number of anilines is 1. The second kappa shape index (κ2) is 5.50. The van der Waals surface area contributed by atoms with E-state index < -0.39 is 0 Å². The summed E-state index contributed by atoms with van der Waals surface area (Å²) in [5, 5.41) is 10.8. The third kappa shape index (κ3) is 2.89. The lowest BCUT2D eigenvalue weighted by atomic mass is 10.1. The van der Waals surface area contributed by atoms with Crippen molar-refractivity contribution in [1.29, 1.82) is 0 Å². The van der Waals surface area contributed by atoms with Gasteiger partial charge in [0, 0.05) is 11.6 Å². The molecule has 3 nitrogen and oxygen atoms in total. The van der Waals surface area contributed by atoms with Crippen LogP contribution in [0, 0.1) is 5.82 Å². The molecule has 0 saturated heterocycles. The topological polar surface area (TPSA) is 37.8 Å². The average molecular weight is 286 g/mol. The number of nitrogens with one attached hydrogen (secondary N) is 1. The fourth-order valence-corrected chi connectivity index (χ4v) is 1.89. The fourth-order valence-electron chi connectivity index (χ4n) is 1.59. The number of halogens is 3. The average Bonchev–Trinajstić information content (AvgIpc) is 2.34. The van der Waals surface area contributed by atoms with Crippen LogP contribution in [-0.4, -0.2) is 10.2 Å². The molecule has 1 unspecified atom stereocenters. The summed E-state index contributed by atoms with van der Waals surface area (Å²) in [6.07, 6.45) is 0. The van der Waals surface area contributed by atoms with Gasteiger partial charge in [-0.2, -0.15) is 0 Å². The number of aromatic nitrogens is 2. The van der Waals surface area contributed by atoms with Gasteiger partial charge in [-0.05, 0) is 13.0 Å². The number of hydrogen-bond donors (Lipinski definition) is 1. The first-order valence-corrected chi connectivity index (χ1v) is 6.03. The van der Waals surface area contributed by atoms with Crippen LogP contribution in [0.5, 0.6) is 0 Å². The lowest BCUT2D eigenvalue weighted by Crippen LogP contribution is -2.09. The molecule has 0 spiro atoms. The molecule has 0 aliphatic heterocycles. The Morgan fingerprint density at radius 3 is 2.67 bits per heavy atom. The normalized spacial score (nSPS) is 12.2. The molecule has 2 aromatic rings. The van der Waals surface area contributed by atoms with E-state index in [2.05, 4.69) is 15.5 Å². The number of rotatable bonds is 3. The van der Waals surface area contributed by atoms with Crippen molar-refractivity contribution in [2.24, 2.45) is 0 Å². The Labute approximate surface area is 114 Å². The Morgan fingerprint density at radius 1 is 1.22 bits per heavy atom. The Morgan fingerprint density at radius 2 is 1.94 bits per heavy atom. The van der Waals surface area contributed by atoms with Gasteiger partial charge in [0.15, 0.2) is 10.3 Å². The van der Waals surface area contributed by atoms with E-state index in [1.807, 2.05) is 6.92 Å². The second-order valence-corrected chi connectivity index (χ2v) is 4.50. The quantitative estimate of drug-likeness (QED) is 0.923. The highest BCUT2D eigenvalue weighted by atomic mass is 35.5. The van der Waals surface area contributed by atoms with E-state index >= 15 is 0 Å². The maximum Gasteiger partial charge on any atom is 0.174 e. The molecule has 0 aliphatic carbocycles. The van der Waals surface area contributed by atoms with Gasteiger partial charge in [0.1, 0.15) is 5.82 Å². The Kier molecular flexibility index (Phi) is 3.99. The van der Waals surface area contributed by atoms with E-state index in [9.17, 15) is 4.39 Å². The van der Waals surface area contributed by atoms with Crippen molar-refractivity contribution < 1.29 is 4.39 Å². The van der Waals surface area contributed by atoms with Crippen LogP contribution in [-0.2, 0) is 0 Å². The summed E-state index contributed by atoms with van der Waals surface area (Å²) in [5.74, 6) is -0.276. The Hall–Kier alpha value is -1.39. The van der Waals surface area contributed by atoms with Gasteiger partial charge in [-0.25, -0.2) is 4.39 Å². The summed E-state index contributed by atoms with van der Waals surface area (Å²) >= 11 is 11.6.